The summed E-state index contributed by atoms with van der Waals surface area (Å²) in [6, 6.07) is 10.1. The Morgan fingerprint density at radius 3 is 2.75 bits per heavy atom. The number of nitrogen functional groups attached to an aromatic ring is 1. The normalized spacial score (nSPS) is 13.8. The van der Waals surface area contributed by atoms with Gasteiger partial charge >= 0.3 is 5.91 Å². The van der Waals surface area contributed by atoms with Crippen molar-refractivity contribution in [3.63, 3.8) is 0 Å². The third kappa shape index (κ3) is 2.32. The summed E-state index contributed by atoms with van der Waals surface area (Å²) in [6.07, 6.45) is 4.21. The third-order valence-corrected chi connectivity index (χ3v) is 3.75. The van der Waals surface area contributed by atoms with Gasteiger partial charge in [-0.25, -0.2) is 10.8 Å². The second kappa shape index (κ2) is 5.46. The second-order valence-corrected chi connectivity index (χ2v) is 5.08. The highest BCUT2D eigenvalue weighted by atomic mass is 16.2. The Morgan fingerprint density at radius 1 is 1.25 bits per heavy atom. The van der Waals surface area contributed by atoms with Crippen LogP contribution in [-0.4, -0.2) is 15.5 Å². The molecule has 3 N–H and O–H groups in total. The van der Waals surface area contributed by atoms with Gasteiger partial charge in [0, 0.05) is 12.2 Å². The number of nitrogens with one attached hydrogen (secondary N) is 1. The maximum atomic E-state index is 11.9. The van der Waals surface area contributed by atoms with E-state index in [4.69, 9.17) is 5.84 Å². The number of fused-ring (bicyclic) bond motifs is 1. The van der Waals surface area contributed by atoms with Crippen LogP contribution in [0, 0.1) is 0 Å². The van der Waals surface area contributed by atoms with Crippen molar-refractivity contribution in [2.75, 3.05) is 0 Å². The van der Waals surface area contributed by atoms with Crippen molar-refractivity contribution in [3.8, 4) is 0 Å². The number of nitrogens with two attached hydrogens (primary N) is 1. The average molecular weight is 270 g/mol. The molecule has 1 amide bonds. The fraction of sp³-hybridized carbons (Fsp3) is 0.333. The third-order valence-electron chi connectivity index (χ3n) is 3.75. The van der Waals surface area contributed by atoms with E-state index in [0.29, 0.717) is 12.4 Å². The molecule has 0 atom stereocenters. The number of benzene rings is 1. The van der Waals surface area contributed by atoms with Crippen molar-refractivity contribution < 1.29 is 4.79 Å². The van der Waals surface area contributed by atoms with Gasteiger partial charge in [0.2, 0.25) is 5.82 Å². The van der Waals surface area contributed by atoms with Crippen LogP contribution in [0.5, 0.6) is 0 Å². The van der Waals surface area contributed by atoms with Crippen LogP contribution in [0.25, 0.3) is 0 Å². The number of hydrogen-bond acceptors (Lipinski definition) is 3. The summed E-state index contributed by atoms with van der Waals surface area (Å²) >= 11 is 0. The Morgan fingerprint density at radius 2 is 2.00 bits per heavy atom. The van der Waals surface area contributed by atoms with Gasteiger partial charge in [-0.15, -0.1) is 0 Å². The van der Waals surface area contributed by atoms with Crippen LogP contribution in [0.3, 0.4) is 0 Å². The van der Waals surface area contributed by atoms with Crippen LogP contribution < -0.4 is 11.3 Å². The van der Waals surface area contributed by atoms with Crippen LogP contribution >= 0.6 is 0 Å². The largest absolute Gasteiger partial charge is 0.319 e. The molecule has 0 spiro atoms. The minimum atomic E-state index is -0.324. The highest BCUT2D eigenvalue weighted by Crippen LogP contribution is 2.23. The molecule has 1 aliphatic carbocycles. The molecule has 5 nitrogen and oxygen atoms in total. The van der Waals surface area contributed by atoms with E-state index in [1.165, 1.54) is 5.69 Å². The Hall–Kier alpha value is -2.14. The first kappa shape index (κ1) is 12.9. The van der Waals surface area contributed by atoms with Gasteiger partial charge in [0.1, 0.15) is 0 Å². The summed E-state index contributed by atoms with van der Waals surface area (Å²) in [7, 11) is 0. The number of imidazole rings is 1. The van der Waals surface area contributed by atoms with Crippen LogP contribution in [0.4, 0.5) is 0 Å². The predicted octanol–water partition coefficient (Wildman–Crippen LogP) is 1.41. The minimum absolute atomic E-state index is 0.324. The number of hydrazine groups is 1. The van der Waals surface area contributed by atoms with E-state index in [0.717, 1.165) is 36.9 Å². The zero-order valence-corrected chi connectivity index (χ0v) is 11.3. The van der Waals surface area contributed by atoms with Crippen molar-refractivity contribution in [2.45, 2.75) is 32.2 Å². The highest BCUT2D eigenvalue weighted by molar-refractivity contribution is 5.90. The smallest absolute Gasteiger partial charge is 0.301 e. The first-order valence-electron chi connectivity index (χ1n) is 6.92. The van der Waals surface area contributed by atoms with Gasteiger partial charge in [0.05, 0.1) is 5.69 Å². The first-order chi connectivity index (χ1) is 9.79. The SMILES string of the molecule is NNC(=O)c1nc2c(n1Cc1ccccc1)CCCC2. The number of carbonyl (C=O) groups is 1. The quantitative estimate of drug-likeness (QED) is 0.503. The number of amides is 1. The van der Waals surface area contributed by atoms with E-state index in [2.05, 4.69) is 22.5 Å². The molecule has 1 heterocycles. The number of nitrogens with zero attached hydrogens (tertiary/aromatic N) is 2. The van der Waals surface area contributed by atoms with Crippen molar-refractivity contribution in [1.29, 1.82) is 0 Å². The van der Waals surface area contributed by atoms with Gasteiger partial charge < -0.3 is 4.57 Å². The Kier molecular flexibility index (Phi) is 3.52. The van der Waals surface area contributed by atoms with Crippen molar-refractivity contribution in [2.24, 2.45) is 5.84 Å². The maximum absolute atomic E-state index is 11.9. The van der Waals surface area contributed by atoms with E-state index in [-0.39, 0.29) is 5.91 Å². The molecule has 104 valence electrons. The summed E-state index contributed by atoms with van der Waals surface area (Å²) in [5.41, 5.74) is 5.58. The molecule has 0 saturated carbocycles. The van der Waals surface area contributed by atoms with Gasteiger partial charge in [-0.1, -0.05) is 30.3 Å². The molecular weight excluding hydrogens is 252 g/mol. The zero-order chi connectivity index (χ0) is 13.9. The molecule has 0 aliphatic heterocycles. The maximum Gasteiger partial charge on any atom is 0.301 e. The molecule has 3 rings (SSSR count). The monoisotopic (exact) mass is 270 g/mol. The van der Waals surface area contributed by atoms with Crippen molar-refractivity contribution >= 4 is 5.91 Å². The summed E-state index contributed by atoms with van der Waals surface area (Å²) in [5, 5.41) is 0. The van der Waals surface area contributed by atoms with Gasteiger partial charge in [-0.05, 0) is 31.2 Å². The highest BCUT2D eigenvalue weighted by Gasteiger charge is 2.23. The lowest BCUT2D eigenvalue weighted by Gasteiger charge is -2.15. The lowest BCUT2D eigenvalue weighted by molar-refractivity contribution is 0.0939. The van der Waals surface area contributed by atoms with E-state index < -0.39 is 0 Å². The number of hydrogen-bond donors (Lipinski definition) is 2. The van der Waals surface area contributed by atoms with Crippen LogP contribution in [-0.2, 0) is 19.4 Å². The standard InChI is InChI=1S/C15H18N4O/c16-18-15(20)14-17-12-8-4-5-9-13(12)19(14)10-11-6-2-1-3-7-11/h1-3,6-7H,4-5,8-10,16H2,(H,18,20). The molecule has 1 aromatic heterocycles. The molecule has 2 aromatic rings. The molecule has 5 heteroatoms. The molecule has 0 radical (unpaired) electrons. The molecular formula is C15H18N4O. The minimum Gasteiger partial charge on any atom is -0.319 e. The predicted molar refractivity (Wildman–Crippen MR) is 76.1 cm³/mol. The summed E-state index contributed by atoms with van der Waals surface area (Å²) in [6.45, 7) is 0.659. The van der Waals surface area contributed by atoms with Crippen LogP contribution in [0.2, 0.25) is 0 Å². The lowest BCUT2D eigenvalue weighted by atomic mass is 10.0. The van der Waals surface area contributed by atoms with Crippen LogP contribution in [0.15, 0.2) is 30.3 Å². The molecule has 0 bridgehead atoms. The second-order valence-electron chi connectivity index (χ2n) is 5.08. The molecule has 1 aliphatic rings. The van der Waals surface area contributed by atoms with Crippen molar-refractivity contribution in [3.05, 3.63) is 53.1 Å². The van der Waals surface area contributed by atoms with Gasteiger partial charge in [-0.3, -0.25) is 10.2 Å². The van der Waals surface area contributed by atoms with Gasteiger partial charge in [-0.2, -0.15) is 0 Å². The number of rotatable bonds is 3. The number of aryl methyl sites for hydroxylation is 1. The van der Waals surface area contributed by atoms with E-state index in [9.17, 15) is 4.79 Å². The zero-order valence-electron chi connectivity index (χ0n) is 11.3. The fourth-order valence-corrected chi connectivity index (χ4v) is 2.77. The van der Waals surface area contributed by atoms with E-state index in [1.807, 2.05) is 22.8 Å². The number of carbonyl (C=O) groups excluding carboxylic acids is 1. The average Bonchev–Trinajstić information content (AvgIpc) is 2.86. The van der Waals surface area contributed by atoms with E-state index in [1.54, 1.807) is 0 Å². The Bertz CT molecular complexity index is 618. The molecule has 20 heavy (non-hydrogen) atoms. The number of aromatic nitrogens is 2. The Balaban J connectivity index is 2.02. The van der Waals surface area contributed by atoms with E-state index >= 15 is 0 Å². The van der Waals surface area contributed by atoms with Gasteiger partial charge in [0.15, 0.2) is 0 Å². The Labute approximate surface area is 117 Å². The molecule has 1 aromatic carbocycles. The van der Waals surface area contributed by atoms with Crippen molar-refractivity contribution in [1.82, 2.24) is 15.0 Å². The summed E-state index contributed by atoms with van der Waals surface area (Å²) in [4.78, 5) is 16.4. The van der Waals surface area contributed by atoms with Crippen LogP contribution in [0.1, 0.15) is 40.4 Å². The molecule has 0 fully saturated rings. The summed E-state index contributed by atoms with van der Waals surface area (Å²) in [5.74, 6) is 5.37. The fourth-order valence-electron chi connectivity index (χ4n) is 2.77. The molecule has 0 saturated heterocycles. The first-order valence-corrected chi connectivity index (χ1v) is 6.92. The lowest BCUT2D eigenvalue weighted by Crippen LogP contribution is -2.32. The topological polar surface area (TPSA) is 72.9 Å². The molecule has 0 unspecified atom stereocenters. The summed E-state index contributed by atoms with van der Waals surface area (Å²) < 4.78 is 2.01. The van der Waals surface area contributed by atoms with Gasteiger partial charge in [0.25, 0.3) is 0 Å².